The minimum absolute atomic E-state index is 0.473. The van der Waals surface area contributed by atoms with Crippen LogP contribution in [0.1, 0.15) is 12.1 Å². The smallest absolute Gasteiger partial charge is 0.284 e. The first kappa shape index (κ1) is 11.6. The molecule has 1 aromatic rings. The summed E-state index contributed by atoms with van der Waals surface area (Å²) in [6, 6.07) is 0. The largest absolute Gasteiger partial charge is 0.505 e. The number of nitrogens with two attached hydrogens (primary N) is 1. The van der Waals surface area contributed by atoms with Gasteiger partial charge >= 0.3 is 0 Å². The molecule has 0 atom stereocenters. The molecule has 0 fully saturated rings. The van der Waals surface area contributed by atoms with Crippen LogP contribution in [0.3, 0.4) is 0 Å². The van der Waals surface area contributed by atoms with Crippen molar-refractivity contribution in [3.05, 3.63) is 11.9 Å². The average Bonchev–Trinajstić information content (AvgIpc) is 2.00. The molecule has 0 amide bonds. The molecule has 15 heavy (non-hydrogen) atoms. The number of sulfonamides is 1. The molecule has 6 nitrogen and oxygen atoms in total. The van der Waals surface area contributed by atoms with Gasteiger partial charge in [-0.1, -0.05) is 0 Å². The summed E-state index contributed by atoms with van der Waals surface area (Å²) in [6.45, 7) is 0. The predicted octanol–water partition coefficient (Wildman–Crippen LogP) is 0.0778. The number of nitrogens with zero attached hydrogens (tertiary/aromatic N) is 1. The predicted molar refractivity (Wildman–Crippen MR) is 43.9 cm³/mol. The topological polar surface area (TPSA) is 114 Å². The highest BCUT2D eigenvalue weighted by Gasteiger charge is 2.26. The Kier molecular flexibility index (Phi) is 2.77. The van der Waals surface area contributed by atoms with E-state index in [9.17, 15) is 17.2 Å². The number of pyridine rings is 1. The summed E-state index contributed by atoms with van der Waals surface area (Å²) in [4.78, 5) is 1.82. The maximum atomic E-state index is 12.2. The molecule has 0 unspecified atom stereocenters. The van der Waals surface area contributed by atoms with Crippen LogP contribution in [0.25, 0.3) is 0 Å². The number of alkyl halides is 2. The highest BCUT2D eigenvalue weighted by atomic mass is 32.2. The number of hydrogen-bond donors (Lipinski definition) is 3. The summed E-state index contributed by atoms with van der Waals surface area (Å²) >= 11 is 0. The third kappa shape index (κ3) is 2.13. The molecule has 9 heteroatoms. The third-order valence-electron chi connectivity index (χ3n) is 1.51. The van der Waals surface area contributed by atoms with Crippen LogP contribution in [0.2, 0.25) is 0 Å². The summed E-state index contributed by atoms with van der Waals surface area (Å²) in [5.74, 6) is -2.33. The number of aromatic hydroxyl groups is 2. The van der Waals surface area contributed by atoms with Gasteiger partial charge in [-0.2, -0.15) is 0 Å². The van der Waals surface area contributed by atoms with Crippen LogP contribution in [0.5, 0.6) is 11.5 Å². The lowest BCUT2D eigenvalue weighted by molar-refractivity contribution is 0.141. The van der Waals surface area contributed by atoms with E-state index >= 15 is 0 Å². The molecule has 1 aromatic heterocycles. The first-order valence-corrected chi connectivity index (χ1v) is 5.01. The maximum Gasteiger partial charge on any atom is 0.284 e. The van der Waals surface area contributed by atoms with Crippen molar-refractivity contribution >= 4 is 10.0 Å². The molecule has 1 heterocycles. The Hall–Kier alpha value is -1.48. The van der Waals surface area contributed by atoms with Gasteiger partial charge in [-0.05, 0) is 0 Å². The fraction of sp³-hybridized carbons (Fsp3) is 0.167. The number of aromatic nitrogens is 1. The first-order valence-electron chi connectivity index (χ1n) is 3.47. The van der Waals surface area contributed by atoms with E-state index in [2.05, 4.69) is 10.1 Å². The van der Waals surface area contributed by atoms with Crippen molar-refractivity contribution in [2.24, 2.45) is 5.14 Å². The lowest BCUT2D eigenvalue weighted by Crippen LogP contribution is -2.13. The van der Waals surface area contributed by atoms with Crippen molar-refractivity contribution in [1.29, 1.82) is 0 Å². The standard InChI is InChI=1S/C6H6F2N2O4S/c7-6(8)3-4(12)5(15(9,13)14)2(11)1-10-3/h1,6,11-12H,(H2,9,13,14). The fourth-order valence-electron chi connectivity index (χ4n) is 0.928. The van der Waals surface area contributed by atoms with Gasteiger partial charge in [-0.15, -0.1) is 0 Å². The van der Waals surface area contributed by atoms with Gasteiger partial charge in [-0.3, -0.25) is 0 Å². The molecule has 0 aromatic carbocycles. The quantitative estimate of drug-likeness (QED) is 0.677. The monoisotopic (exact) mass is 240 g/mol. The molecular weight excluding hydrogens is 234 g/mol. The zero-order valence-corrected chi connectivity index (χ0v) is 7.87. The second kappa shape index (κ2) is 3.59. The molecule has 0 bridgehead atoms. The van der Waals surface area contributed by atoms with Gasteiger partial charge in [-0.25, -0.2) is 27.3 Å². The van der Waals surface area contributed by atoms with Gasteiger partial charge in [0.05, 0.1) is 6.20 Å². The van der Waals surface area contributed by atoms with Crippen LogP contribution in [0, 0.1) is 0 Å². The minimum atomic E-state index is -4.49. The van der Waals surface area contributed by atoms with Crippen LogP contribution in [-0.2, 0) is 10.0 Å². The molecular formula is C6H6F2N2O4S. The Labute approximate surface area is 83.0 Å². The second-order valence-corrected chi connectivity index (χ2v) is 4.05. The Bertz CT molecular complexity index is 488. The summed E-state index contributed by atoms with van der Waals surface area (Å²) in [5, 5.41) is 22.7. The fourth-order valence-corrected chi connectivity index (χ4v) is 1.65. The number of hydrogen-bond acceptors (Lipinski definition) is 5. The summed E-state index contributed by atoms with van der Waals surface area (Å²) in [7, 11) is -4.49. The van der Waals surface area contributed by atoms with Crippen molar-refractivity contribution in [3.8, 4) is 11.5 Å². The number of primary sulfonamides is 1. The van der Waals surface area contributed by atoms with E-state index < -0.39 is 38.5 Å². The van der Waals surface area contributed by atoms with Gasteiger partial charge in [0.15, 0.2) is 16.4 Å². The van der Waals surface area contributed by atoms with E-state index in [0.717, 1.165) is 0 Å². The van der Waals surface area contributed by atoms with E-state index in [-0.39, 0.29) is 0 Å². The van der Waals surface area contributed by atoms with Crippen molar-refractivity contribution in [3.63, 3.8) is 0 Å². The Morgan fingerprint density at radius 1 is 1.40 bits per heavy atom. The van der Waals surface area contributed by atoms with Crippen molar-refractivity contribution in [2.75, 3.05) is 0 Å². The summed E-state index contributed by atoms with van der Waals surface area (Å²) < 4.78 is 46.0. The summed E-state index contributed by atoms with van der Waals surface area (Å²) in [6.07, 6.45) is -2.70. The van der Waals surface area contributed by atoms with Crippen molar-refractivity contribution < 1.29 is 27.4 Å². The molecule has 0 aliphatic heterocycles. The van der Waals surface area contributed by atoms with Crippen LogP contribution < -0.4 is 5.14 Å². The van der Waals surface area contributed by atoms with Crippen molar-refractivity contribution in [2.45, 2.75) is 11.3 Å². The van der Waals surface area contributed by atoms with Crippen molar-refractivity contribution in [1.82, 2.24) is 4.98 Å². The van der Waals surface area contributed by atoms with E-state index in [4.69, 9.17) is 10.2 Å². The molecule has 0 aliphatic rings. The molecule has 4 N–H and O–H groups in total. The van der Waals surface area contributed by atoms with Gasteiger partial charge in [0, 0.05) is 0 Å². The minimum Gasteiger partial charge on any atom is -0.505 e. The lowest BCUT2D eigenvalue weighted by atomic mass is 10.3. The molecule has 84 valence electrons. The molecule has 0 spiro atoms. The number of rotatable bonds is 2. The molecule has 1 rings (SSSR count). The Balaban J connectivity index is 3.59. The van der Waals surface area contributed by atoms with Crippen LogP contribution in [0.15, 0.2) is 11.1 Å². The molecule has 0 radical (unpaired) electrons. The average molecular weight is 240 g/mol. The normalized spacial score (nSPS) is 12.0. The SMILES string of the molecule is NS(=O)(=O)c1c(O)cnc(C(F)F)c1O. The van der Waals surface area contributed by atoms with E-state index in [1.807, 2.05) is 0 Å². The van der Waals surface area contributed by atoms with Gasteiger partial charge in [0.25, 0.3) is 6.43 Å². The highest BCUT2D eigenvalue weighted by molar-refractivity contribution is 7.89. The van der Waals surface area contributed by atoms with Gasteiger partial charge in [0.1, 0.15) is 5.69 Å². The Morgan fingerprint density at radius 3 is 2.33 bits per heavy atom. The first-order chi connectivity index (χ1) is 6.75. The van der Waals surface area contributed by atoms with Gasteiger partial charge < -0.3 is 10.2 Å². The van der Waals surface area contributed by atoms with E-state index in [1.54, 1.807) is 0 Å². The van der Waals surface area contributed by atoms with Crippen LogP contribution in [0.4, 0.5) is 8.78 Å². The zero-order valence-electron chi connectivity index (χ0n) is 7.05. The third-order valence-corrected chi connectivity index (χ3v) is 2.48. The number of halogens is 2. The maximum absolute atomic E-state index is 12.2. The van der Waals surface area contributed by atoms with E-state index in [1.165, 1.54) is 0 Å². The lowest BCUT2D eigenvalue weighted by Gasteiger charge is -2.07. The molecule has 0 saturated carbocycles. The Morgan fingerprint density at radius 2 is 1.93 bits per heavy atom. The molecule has 0 saturated heterocycles. The van der Waals surface area contributed by atoms with E-state index in [0.29, 0.717) is 6.20 Å². The van der Waals surface area contributed by atoms with Crippen LogP contribution >= 0.6 is 0 Å². The highest BCUT2D eigenvalue weighted by Crippen LogP contribution is 2.36. The zero-order chi connectivity index (χ0) is 11.8. The second-order valence-electron chi connectivity index (χ2n) is 2.55. The van der Waals surface area contributed by atoms with Gasteiger partial charge in [0.2, 0.25) is 10.0 Å². The van der Waals surface area contributed by atoms with Crippen LogP contribution in [-0.4, -0.2) is 23.6 Å². The summed E-state index contributed by atoms with van der Waals surface area (Å²) in [5.41, 5.74) is -1.16. The molecule has 0 aliphatic carbocycles.